The average Bonchev–Trinajstić information content (AvgIpc) is 2.17. The molecule has 1 unspecified atom stereocenters. The van der Waals surface area contributed by atoms with E-state index in [0.29, 0.717) is 12.0 Å². The monoisotopic (exact) mass is 189 g/mol. The first kappa shape index (κ1) is 9.72. The van der Waals surface area contributed by atoms with Crippen LogP contribution in [0.3, 0.4) is 0 Å². The Morgan fingerprint density at radius 2 is 2.00 bits per heavy atom. The SMILES string of the molecule is CC(C)C1c2ccccc2CCN1C. The first-order valence-electron chi connectivity index (χ1n) is 5.48. The maximum absolute atomic E-state index is 2.48. The van der Waals surface area contributed by atoms with Crippen LogP contribution in [0.25, 0.3) is 0 Å². The zero-order chi connectivity index (χ0) is 10.1. The molecule has 1 aromatic carbocycles. The van der Waals surface area contributed by atoms with E-state index in [1.807, 2.05) is 0 Å². The van der Waals surface area contributed by atoms with Crippen LogP contribution in [0.5, 0.6) is 0 Å². The van der Waals surface area contributed by atoms with E-state index in [9.17, 15) is 0 Å². The van der Waals surface area contributed by atoms with Crippen LogP contribution in [0, 0.1) is 5.92 Å². The van der Waals surface area contributed by atoms with Gasteiger partial charge in [0.1, 0.15) is 0 Å². The molecule has 2 rings (SSSR count). The van der Waals surface area contributed by atoms with Gasteiger partial charge in [-0.05, 0) is 30.5 Å². The van der Waals surface area contributed by atoms with Crippen LogP contribution in [0.1, 0.15) is 31.0 Å². The molecular formula is C13H19N. The van der Waals surface area contributed by atoms with E-state index in [2.05, 4.69) is 50.1 Å². The minimum Gasteiger partial charge on any atom is -0.299 e. The second kappa shape index (κ2) is 3.74. The average molecular weight is 189 g/mol. The third kappa shape index (κ3) is 1.57. The number of likely N-dealkylation sites (N-methyl/N-ethyl adjacent to an activating group) is 1. The first-order chi connectivity index (χ1) is 6.70. The van der Waals surface area contributed by atoms with Gasteiger partial charge in [-0.2, -0.15) is 0 Å². The molecule has 0 spiro atoms. The third-order valence-electron chi connectivity index (χ3n) is 3.21. The van der Waals surface area contributed by atoms with Crippen molar-refractivity contribution in [3.05, 3.63) is 35.4 Å². The molecule has 0 radical (unpaired) electrons. The van der Waals surface area contributed by atoms with Crippen LogP contribution >= 0.6 is 0 Å². The third-order valence-corrected chi connectivity index (χ3v) is 3.21. The Labute approximate surface area is 86.7 Å². The first-order valence-corrected chi connectivity index (χ1v) is 5.48. The summed E-state index contributed by atoms with van der Waals surface area (Å²) in [6.07, 6.45) is 1.20. The zero-order valence-corrected chi connectivity index (χ0v) is 9.33. The molecule has 1 aromatic rings. The molecule has 0 bridgehead atoms. The highest BCUT2D eigenvalue weighted by atomic mass is 15.1. The molecule has 0 aromatic heterocycles. The standard InChI is InChI=1S/C13H19N/c1-10(2)13-12-7-5-4-6-11(12)8-9-14(13)3/h4-7,10,13H,8-9H2,1-3H3. The minimum atomic E-state index is 0.611. The quantitative estimate of drug-likeness (QED) is 0.656. The summed E-state index contributed by atoms with van der Waals surface area (Å²) in [5.74, 6) is 0.696. The van der Waals surface area contributed by atoms with E-state index in [0.717, 1.165) is 0 Å². The lowest BCUT2D eigenvalue weighted by Gasteiger charge is -2.37. The van der Waals surface area contributed by atoms with Gasteiger partial charge in [0.05, 0.1) is 0 Å². The van der Waals surface area contributed by atoms with Crippen molar-refractivity contribution in [2.24, 2.45) is 5.92 Å². The van der Waals surface area contributed by atoms with Gasteiger partial charge in [-0.15, -0.1) is 0 Å². The molecule has 1 aliphatic heterocycles. The molecule has 0 saturated carbocycles. The molecule has 14 heavy (non-hydrogen) atoms. The molecule has 0 aliphatic carbocycles. The van der Waals surface area contributed by atoms with E-state index in [4.69, 9.17) is 0 Å². The van der Waals surface area contributed by atoms with Crippen molar-refractivity contribution in [2.45, 2.75) is 26.3 Å². The van der Waals surface area contributed by atoms with Gasteiger partial charge in [0, 0.05) is 12.6 Å². The molecule has 1 heteroatoms. The smallest absolute Gasteiger partial charge is 0.0370 e. The van der Waals surface area contributed by atoms with E-state index < -0.39 is 0 Å². The van der Waals surface area contributed by atoms with Gasteiger partial charge in [0.15, 0.2) is 0 Å². The maximum atomic E-state index is 2.48. The molecule has 1 aliphatic rings. The van der Waals surface area contributed by atoms with Gasteiger partial charge in [-0.1, -0.05) is 38.1 Å². The topological polar surface area (TPSA) is 3.24 Å². The summed E-state index contributed by atoms with van der Waals surface area (Å²) < 4.78 is 0. The summed E-state index contributed by atoms with van der Waals surface area (Å²) in [5, 5.41) is 0. The summed E-state index contributed by atoms with van der Waals surface area (Å²) in [6.45, 7) is 5.81. The lowest BCUT2D eigenvalue weighted by Crippen LogP contribution is -2.34. The van der Waals surface area contributed by atoms with E-state index >= 15 is 0 Å². The van der Waals surface area contributed by atoms with Gasteiger partial charge in [-0.3, -0.25) is 4.90 Å². The highest BCUT2D eigenvalue weighted by Crippen LogP contribution is 2.33. The Hall–Kier alpha value is -0.820. The molecule has 1 heterocycles. The lowest BCUT2D eigenvalue weighted by molar-refractivity contribution is 0.181. The summed E-state index contributed by atoms with van der Waals surface area (Å²) in [6, 6.07) is 9.49. The van der Waals surface area contributed by atoms with Crippen LogP contribution in [-0.2, 0) is 6.42 Å². The lowest BCUT2D eigenvalue weighted by atomic mass is 9.87. The predicted octanol–water partition coefficient (Wildman–Crippen LogP) is 2.87. The van der Waals surface area contributed by atoms with Crippen LogP contribution < -0.4 is 0 Å². The van der Waals surface area contributed by atoms with Crippen LogP contribution in [0.2, 0.25) is 0 Å². The number of hydrogen-bond acceptors (Lipinski definition) is 1. The summed E-state index contributed by atoms with van der Waals surface area (Å²) >= 11 is 0. The summed E-state index contributed by atoms with van der Waals surface area (Å²) in [7, 11) is 2.24. The molecule has 76 valence electrons. The minimum absolute atomic E-state index is 0.611. The number of hydrogen-bond donors (Lipinski definition) is 0. The number of benzene rings is 1. The van der Waals surface area contributed by atoms with Gasteiger partial charge < -0.3 is 0 Å². The van der Waals surface area contributed by atoms with Crippen molar-refractivity contribution in [1.82, 2.24) is 4.90 Å². The van der Waals surface area contributed by atoms with E-state index in [-0.39, 0.29) is 0 Å². The van der Waals surface area contributed by atoms with Gasteiger partial charge in [0.2, 0.25) is 0 Å². The fourth-order valence-corrected chi connectivity index (χ4v) is 2.59. The molecule has 1 nitrogen and oxygen atoms in total. The van der Waals surface area contributed by atoms with Crippen molar-refractivity contribution in [3.63, 3.8) is 0 Å². The molecule has 1 atom stereocenters. The highest BCUT2D eigenvalue weighted by Gasteiger charge is 2.26. The van der Waals surface area contributed by atoms with Crippen LogP contribution in [-0.4, -0.2) is 18.5 Å². The van der Waals surface area contributed by atoms with Gasteiger partial charge in [0.25, 0.3) is 0 Å². The van der Waals surface area contributed by atoms with Crippen molar-refractivity contribution < 1.29 is 0 Å². The Balaban J connectivity index is 2.41. The highest BCUT2D eigenvalue weighted by molar-refractivity contribution is 5.32. The normalized spacial score (nSPS) is 22.4. The van der Waals surface area contributed by atoms with Crippen LogP contribution in [0.4, 0.5) is 0 Å². The second-order valence-corrected chi connectivity index (χ2v) is 4.62. The molecule has 0 N–H and O–H groups in total. The number of rotatable bonds is 1. The van der Waals surface area contributed by atoms with E-state index in [1.54, 1.807) is 5.56 Å². The van der Waals surface area contributed by atoms with Crippen LogP contribution in [0.15, 0.2) is 24.3 Å². The molecule has 0 saturated heterocycles. The number of fused-ring (bicyclic) bond motifs is 1. The fourth-order valence-electron chi connectivity index (χ4n) is 2.59. The zero-order valence-electron chi connectivity index (χ0n) is 9.33. The van der Waals surface area contributed by atoms with Gasteiger partial charge >= 0.3 is 0 Å². The number of nitrogens with zero attached hydrogens (tertiary/aromatic N) is 1. The Morgan fingerprint density at radius 3 is 2.71 bits per heavy atom. The van der Waals surface area contributed by atoms with Crippen molar-refractivity contribution >= 4 is 0 Å². The predicted molar refractivity (Wildman–Crippen MR) is 60.4 cm³/mol. The van der Waals surface area contributed by atoms with Crippen molar-refractivity contribution in [2.75, 3.05) is 13.6 Å². The largest absolute Gasteiger partial charge is 0.299 e. The summed E-state index contributed by atoms with van der Waals surface area (Å²) in [4.78, 5) is 2.48. The maximum Gasteiger partial charge on any atom is 0.0370 e. The van der Waals surface area contributed by atoms with Crippen molar-refractivity contribution in [3.8, 4) is 0 Å². The Bertz CT molecular complexity index is 317. The van der Waals surface area contributed by atoms with Gasteiger partial charge in [-0.25, -0.2) is 0 Å². The molecular weight excluding hydrogens is 170 g/mol. The second-order valence-electron chi connectivity index (χ2n) is 4.62. The molecule has 0 amide bonds. The van der Waals surface area contributed by atoms with Crippen molar-refractivity contribution in [1.29, 1.82) is 0 Å². The fraction of sp³-hybridized carbons (Fsp3) is 0.538. The Kier molecular flexibility index (Phi) is 2.60. The Morgan fingerprint density at radius 1 is 1.29 bits per heavy atom. The molecule has 0 fully saturated rings. The van der Waals surface area contributed by atoms with E-state index in [1.165, 1.54) is 18.5 Å². The summed E-state index contributed by atoms with van der Waals surface area (Å²) in [5.41, 5.74) is 3.08.